The fourth-order valence-corrected chi connectivity index (χ4v) is 3.55. The van der Waals surface area contributed by atoms with Crippen LogP contribution in [0, 0.1) is 0 Å². The van der Waals surface area contributed by atoms with Gasteiger partial charge in [0.1, 0.15) is 0 Å². The van der Waals surface area contributed by atoms with Crippen LogP contribution in [0.2, 0.25) is 0 Å². The molecule has 28 heavy (non-hydrogen) atoms. The lowest BCUT2D eigenvalue weighted by atomic mass is 10.00. The Bertz CT molecular complexity index is 540. The number of amides is 2. The van der Waals surface area contributed by atoms with Gasteiger partial charge in [-0.15, -0.1) is 0 Å². The van der Waals surface area contributed by atoms with E-state index in [0.29, 0.717) is 25.4 Å². The number of carbonyl (C=O) groups excluding carboxylic acids is 2. The zero-order valence-corrected chi connectivity index (χ0v) is 17.4. The van der Waals surface area contributed by atoms with E-state index >= 15 is 0 Å². The van der Waals surface area contributed by atoms with Crippen LogP contribution >= 0.6 is 0 Å². The number of nitrogens with zero attached hydrogens (tertiary/aromatic N) is 1. The number of piperidine rings is 1. The molecule has 2 amide bonds. The summed E-state index contributed by atoms with van der Waals surface area (Å²) in [4.78, 5) is 25.9. The number of aliphatic hydroxyl groups is 1. The summed E-state index contributed by atoms with van der Waals surface area (Å²) in [6.07, 6.45) is 18.7. The van der Waals surface area contributed by atoms with Crippen LogP contribution in [0.4, 0.5) is 0 Å². The Balaban J connectivity index is 1.69. The van der Waals surface area contributed by atoms with Crippen LogP contribution in [0.1, 0.15) is 84.0 Å². The Morgan fingerprint density at radius 2 is 2.07 bits per heavy atom. The van der Waals surface area contributed by atoms with Crippen LogP contribution in [-0.4, -0.2) is 46.6 Å². The number of rotatable bonds is 13. The van der Waals surface area contributed by atoms with Crippen molar-refractivity contribution in [3.63, 3.8) is 0 Å². The van der Waals surface area contributed by atoms with Gasteiger partial charge in [0.2, 0.25) is 11.8 Å². The Morgan fingerprint density at radius 1 is 1.25 bits per heavy atom. The number of aliphatic hydroxyl groups excluding tert-OH is 1. The highest BCUT2D eigenvalue weighted by molar-refractivity contribution is 5.78. The molecule has 1 unspecified atom stereocenters. The van der Waals surface area contributed by atoms with Gasteiger partial charge in [0.05, 0.1) is 12.1 Å². The molecular formula is C23H38N2O3. The third-order valence-electron chi connectivity index (χ3n) is 5.46. The van der Waals surface area contributed by atoms with Crippen molar-refractivity contribution in [3.05, 3.63) is 24.3 Å². The molecule has 5 nitrogen and oxygen atoms in total. The molecule has 2 rings (SSSR count). The van der Waals surface area contributed by atoms with Gasteiger partial charge >= 0.3 is 0 Å². The Hall–Kier alpha value is -1.62. The molecule has 1 aliphatic carbocycles. The Kier molecular flexibility index (Phi) is 10.3. The third kappa shape index (κ3) is 9.05. The van der Waals surface area contributed by atoms with Crippen molar-refractivity contribution in [2.24, 2.45) is 0 Å². The van der Waals surface area contributed by atoms with Gasteiger partial charge in [-0.25, -0.2) is 0 Å². The molecule has 0 radical (unpaired) electrons. The van der Waals surface area contributed by atoms with Crippen molar-refractivity contribution in [2.45, 2.75) is 102 Å². The highest BCUT2D eigenvalue weighted by atomic mass is 16.3. The quantitative estimate of drug-likeness (QED) is 0.370. The largest absolute Gasteiger partial charge is 0.389 e. The lowest BCUT2D eigenvalue weighted by molar-refractivity contribution is -0.134. The summed E-state index contributed by atoms with van der Waals surface area (Å²) in [6, 6.07) is 0.513. The van der Waals surface area contributed by atoms with Crippen LogP contribution in [0.15, 0.2) is 24.3 Å². The van der Waals surface area contributed by atoms with Gasteiger partial charge in [0, 0.05) is 25.4 Å². The predicted molar refractivity (Wildman–Crippen MR) is 113 cm³/mol. The van der Waals surface area contributed by atoms with E-state index < -0.39 is 6.10 Å². The lowest BCUT2D eigenvalue weighted by Crippen LogP contribution is -2.42. The van der Waals surface area contributed by atoms with Gasteiger partial charge in [-0.2, -0.15) is 0 Å². The molecule has 0 aromatic heterocycles. The SMILES string of the molecule is CCCCCC(O)C=C[C@H]1CCCC(=O)N1CC=CCCCC(=O)NC1CC1. The first-order chi connectivity index (χ1) is 13.6. The average molecular weight is 391 g/mol. The maximum Gasteiger partial charge on any atom is 0.223 e. The molecule has 1 saturated carbocycles. The molecule has 1 aliphatic heterocycles. The summed E-state index contributed by atoms with van der Waals surface area (Å²) in [5.41, 5.74) is 0. The smallest absolute Gasteiger partial charge is 0.223 e. The molecule has 2 N–H and O–H groups in total. The molecule has 5 heteroatoms. The fraction of sp³-hybridized carbons (Fsp3) is 0.739. The minimum atomic E-state index is -0.414. The number of nitrogens with one attached hydrogen (secondary N) is 1. The van der Waals surface area contributed by atoms with E-state index in [1.165, 1.54) is 0 Å². The van der Waals surface area contributed by atoms with Crippen molar-refractivity contribution in [1.82, 2.24) is 10.2 Å². The van der Waals surface area contributed by atoms with Gasteiger partial charge < -0.3 is 15.3 Å². The number of carbonyl (C=O) groups is 2. The predicted octanol–water partition coefficient (Wildman–Crippen LogP) is 3.87. The first-order valence-electron chi connectivity index (χ1n) is 11.2. The Morgan fingerprint density at radius 3 is 2.82 bits per heavy atom. The minimum Gasteiger partial charge on any atom is -0.389 e. The van der Waals surface area contributed by atoms with Crippen LogP contribution in [0.5, 0.6) is 0 Å². The first kappa shape index (κ1) is 22.7. The molecule has 158 valence electrons. The lowest BCUT2D eigenvalue weighted by Gasteiger charge is -2.33. The van der Waals surface area contributed by atoms with Gasteiger partial charge in [-0.05, 0) is 44.9 Å². The van der Waals surface area contributed by atoms with Gasteiger partial charge in [-0.1, -0.05) is 50.5 Å². The number of hydrogen-bond acceptors (Lipinski definition) is 3. The summed E-state index contributed by atoms with van der Waals surface area (Å²) in [6.45, 7) is 2.76. The number of allylic oxidation sites excluding steroid dienone is 1. The normalized spacial score (nSPS) is 21.6. The van der Waals surface area contributed by atoms with Gasteiger partial charge in [-0.3, -0.25) is 9.59 Å². The van der Waals surface area contributed by atoms with E-state index in [1.807, 2.05) is 23.1 Å². The topological polar surface area (TPSA) is 69.6 Å². The molecule has 2 fully saturated rings. The van der Waals surface area contributed by atoms with Gasteiger partial charge in [0.25, 0.3) is 0 Å². The molecule has 1 saturated heterocycles. The summed E-state index contributed by atoms with van der Waals surface area (Å²) in [5, 5.41) is 13.1. The summed E-state index contributed by atoms with van der Waals surface area (Å²) < 4.78 is 0. The van der Waals surface area contributed by atoms with Crippen LogP contribution < -0.4 is 5.32 Å². The number of unbranched alkanes of at least 4 members (excludes halogenated alkanes) is 3. The first-order valence-corrected chi connectivity index (χ1v) is 11.2. The standard InChI is InChI=1S/C23H38N2O3/c1-2-3-6-11-21(26)17-16-20-10-9-13-23(28)25(20)18-8-5-4-7-12-22(27)24-19-14-15-19/h5,8,16-17,19-21,26H,2-4,6-7,9-15,18H2,1H3,(H,24,27)/t20-,21?/m1/s1. The van der Waals surface area contributed by atoms with Crippen molar-refractivity contribution in [2.75, 3.05) is 6.54 Å². The van der Waals surface area contributed by atoms with Crippen LogP contribution in [0.25, 0.3) is 0 Å². The Labute approximate surface area is 170 Å². The zero-order chi connectivity index (χ0) is 20.2. The van der Waals surface area contributed by atoms with Crippen molar-refractivity contribution >= 4 is 11.8 Å². The zero-order valence-electron chi connectivity index (χ0n) is 17.4. The third-order valence-corrected chi connectivity index (χ3v) is 5.46. The van der Waals surface area contributed by atoms with E-state index in [0.717, 1.165) is 64.2 Å². The molecule has 0 aromatic carbocycles. The maximum absolute atomic E-state index is 12.3. The summed E-state index contributed by atoms with van der Waals surface area (Å²) in [7, 11) is 0. The maximum atomic E-state index is 12.3. The molecule has 1 heterocycles. The van der Waals surface area contributed by atoms with Crippen LogP contribution in [0.3, 0.4) is 0 Å². The fourth-order valence-electron chi connectivity index (χ4n) is 3.55. The molecule has 2 atom stereocenters. The second-order valence-electron chi connectivity index (χ2n) is 8.16. The minimum absolute atomic E-state index is 0.0797. The van der Waals surface area contributed by atoms with Crippen LogP contribution in [-0.2, 0) is 9.59 Å². The van der Waals surface area contributed by atoms with Crippen molar-refractivity contribution in [3.8, 4) is 0 Å². The van der Waals surface area contributed by atoms with E-state index in [-0.39, 0.29) is 17.9 Å². The number of likely N-dealkylation sites (tertiary alicyclic amines) is 1. The summed E-state index contributed by atoms with van der Waals surface area (Å²) >= 11 is 0. The van der Waals surface area contributed by atoms with E-state index in [9.17, 15) is 14.7 Å². The van der Waals surface area contributed by atoms with E-state index in [1.54, 1.807) is 0 Å². The van der Waals surface area contributed by atoms with Crippen molar-refractivity contribution < 1.29 is 14.7 Å². The van der Waals surface area contributed by atoms with Gasteiger partial charge in [0.15, 0.2) is 0 Å². The van der Waals surface area contributed by atoms with E-state index in [2.05, 4.69) is 18.3 Å². The highest BCUT2D eigenvalue weighted by Crippen LogP contribution is 2.20. The van der Waals surface area contributed by atoms with E-state index in [4.69, 9.17) is 0 Å². The highest BCUT2D eigenvalue weighted by Gasteiger charge is 2.25. The molecule has 0 spiro atoms. The molecule has 0 aromatic rings. The average Bonchev–Trinajstić information content (AvgIpc) is 3.48. The number of hydrogen-bond donors (Lipinski definition) is 2. The van der Waals surface area contributed by atoms with Crippen molar-refractivity contribution in [1.29, 1.82) is 0 Å². The second kappa shape index (κ2) is 12.8. The monoisotopic (exact) mass is 390 g/mol. The molecule has 0 bridgehead atoms. The molecule has 2 aliphatic rings. The summed E-state index contributed by atoms with van der Waals surface area (Å²) in [5.74, 6) is 0.347. The second-order valence-corrected chi connectivity index (χ2v) is 8.16. The molecular weight excluding hydrogens is 352 g/mol.